The summed E-state index contributed by atoms with van der Waals surface area (Å²) in [4.78, 5) is 11.4. The normalized spacial score (nSPS) is 25.5. The van der Waals surface area contributed by atoms with Crippen molar-refractivity contribution >= 4 is 5.78 Å². The summed E-state index contributed by atoms with van der Waals surface area (Å²) < 4.78 is 5.41. The number of allylic oxidation sites excluding steroid dienone is 2. The maximum absolute atomic E-state index is 11.4. The van der Waals surface area contributed by atoms with E-state index in [-0.39, 0.29) is 16.9 Å². The Morgan fingerprint density at radius 2 is 2.06 bits per heavy atom. The zero-order valence-corrected chi connectivity index (χ0v) is 10.4. The maximum atomic E-state index is 11.4. The first kappa shape index (κ1) is 11.3. The van der Waals surface area contributed by atoms with Gasteiger partial charge in [0.25, 0.3) is 0 Å². The van der Waals surface area contributed by atoms with Crippen molar-refractivity contribution in [2.75, 3.05) is 7.11 Å². The lowest BCUT2D eigenvalue weighted by atomic mass is 9.74. The van der Waals surface area contributed by atoms with E-state index in [4.69, 9.17) is 4.74 Å². The van der Waals surface area contributed by atoms with Crippen molar-refractivity contribution < 1.29 is 14.6 Å². The van der Waals surface area contributed by atoms with Gasteiger partial charge in [-0.15, -0.1) is 0 Å². The first-order valence-corrected chi connectivity index (χ1v) is 6.27. The molecule has 1 aromatic rings. The number of rotatable bonds is 1. The first-order chi connectivity index (χ1) is 8.64. The van der Waals surface area contributed by atoms with Crippen molar-refractivity contribution in [1.82, 2.24) is 0 Å². The molecule has 0 bridgehead atoms. The fourth-order valence-electron chi connectivity index (χ4n) is 3.25. The summed E-state index contributed by atoms with van der Waals surface area (Å²) in [5.74, 6) is 1.19. The molecule has 2 aliphatic rings. The summed E-state index contributed by atoms with van der Waals surface area (Å²) in [7, 11) is 1.62. The minimum atomic E-state index is -0.0672. The SMILES string of the molecule is COc1cc(O)cc2c1[C@]1(C=CC(=O)CC1)CC2. The van der Waals surface area contributed by atoms with Crippen LogP contribution in [-0.4, -0.2) is 18.0 Å². The molecule has 2 aliphatic carbocycles. The average molecular weight is 244 g/mol. The molecule has 1 spiro atoms. The molecule has 0 aliphatic heterocycles. The van der Waals surface area contributed by atoms with E-state index in [1.165, 1.54) is 0 Å². The zero-order valence-electron chi connectivity index (χ0n) is 10.4. The Labute approximate surface area is 106 Å². The number of benzene rings is 1. The molecule has 0 aromatic heterocycles. The summed E-state index contributed by atoms with van der Waals surface area (Å²) in [5.41, 5.74) is 2.24. The molecule has 0 fully saturated rings. The number of methoxy groups -OCH3 is 1. The number of aryl methyl sites for hydroxylation is 1. The van der Waals surface area contributed by atoms with Crippen LogP contribution in [0.1, 0.15) is 30.4 Å². The summed E-state index contributed by atoms with van der Waals surface area (Å²) in [5, 5.41) is 9.69. The third-order valence-electron chi connectivity index (χ3n) is 4.13. The lowest BCUT2D eigenvalue weighted by Crippen LogP contribution is -2.25. The molecule has 1 N–H and O–H groups in total. The monoisotopic (exact) mass is 244 g/mol. The van der Waals surface area contributed by atoms with E-state index in [0.717, 1.165) is 36.1 Å². The second-order valence-corrected chi connectivity index (χ2v) is 5.14. The number of phenolic OH excluding ortho intramolecular Hbond substituents is 1. The quantitative estimate of drug-likeness (QED) is 0.825. The highest BCUT2D eigenvalue weighted by molar-refractivity contribution is 5.91. The Bertz CT molecular complexity index is 545. The van der Waals surface area contributed by atoms with Gasteiger partial charge in [0, 0.05) is 23.5 Å². The van der Waals surface area contributed by atoms with Gasteiger partial charge < -0.3 is 9.84 Å². The summed E-state index contributed by atoms with van der Waals surface area (Å²) in [6.45, 7) is 0. The largest absolute Gasteiger partial charge is 0.508 e. The van der Waals surface area contributed by atoms with Gasteiger partial charge in [0.1, 0.15) is 11.5 Å². The smallest absolute Gasteiger partial charge is 0.155 e. The highest BCUT2D eigenvalue weighted by Gasteiger charge is 2.41. The Kier molecular flexibility index (Phi) is 2.44. The van der Waals surface area contributed by atoms with Gasteiger partial charge in [0.2, 0.25) is 0 Å². The molecule has 3 rings (SSSR count). The molecule has 0 amide bonds. The van der Waals surface area contributed by atoms with Gasteiger partial charge in [0.05, 0.1) is 7.11 Å². The highest BCUT2D eigenvalue weighted by atomic mass is 16.5. The van der Waals surface area contributed by atoms with E-state index in [1.807, 2.05) is 12.1 Å². The Balaban J connectivity index is 2.16. The molecule has 3 nitrogen and oxygen atoms in total. The van der Waals surface area contributed by atoms with Crippen LogP contribution < -0.4 is 4.74 Å². The zero-order chi connectivity index (χ0) is 12.8. The first-order valence-electron chi connectivity index (χ1n) is 6.27. The summed E-state index contributed by atoms with van der Waals surface area (Å²) in [6.07, 6.45) is 7.09. The molecule has 1 atom stereocenters. The topological polar surface area (TPSA) is 46.5 Å². The number of ether oxygens (including phenoxy) is 1. The molecular formula is C15H16O3. The second-order valence-electron chi connectivity index (χ2n) is 5.14. The van der Waals surface area contributed by atoms with E-state index in [1.54, 1.807) is 19.3 Å². The van der Waals surface area contributed by atoms with Crippen molar-refractivity contribution in [2.45, 2.75) is 31.1 Å². The summed E-state index contributed by atoms with van der Waals surface area (Å²) >= 11 is 0. The predicted molar refractivity (Wildman–Crippen MR) is 68.0 cm³/mol. The Morgan fingerprint density at radius 1 is 1.28 bits per heavy atom. The van der Waals surface area contributed by atoms with E-state index in [0.29, 0.717) is 6.42 Å². The number of carbonyl (C=O) groups is 1. The van der Waals surface area contributed by atoms with Crippen LogP contribution >= 0.6 is 0 Å². The van der Waals surface area contributed by atoms with Crippen LogP contribution in [0, 0.1) is 0 Å². The van der Waals surface area contributed by atoms with Crippen LogP contribution in [0.5, 0.6) is 11.5 Å². The fourth-order valence-corrected chi connectivity index (χ4v) is 3.25. The van der Waals surface area contributed by atoms with Crippen LogP contribution in [0.25, 0.3) is 0 Å². The number of aromatic hydroxyl groups is 1. The van der Waals surface area contributed by atoms with E-state index in [9.17, 15) is 9.90 Å². The van der Waals surface area contributed by atoms with Gasteiger partial charge >= 0.3 is 0 Å². The second kappa shape index (κ2) is 3.87. The third kappa shape index (κ3) is 1.54. The van der Waals surface area contributed by atoms with Gasteiger partial charge in [0.15, 0.2) is 5.78 Å². The number of ketones is 1. The standard InChI is InChI=1S/C15H16O3/c1-18-13-9-12(17)8-10-2-5-15(14(10)13)6-3-11(16)4-7-15/h3,6,8-9,17H,2,4-5,7H2,1H3/t15-/m0/s1. The molecular weight excluding hydrogens is 228 g/mol. The van der Waals surface area contributed by atoms with Crippen LogP contribution in [0.2, 0.25) is 0 Å². The van der Waals surface area contributed by atoms with Crippen LogP contribution in [-0.2, 0) is 16.6 Å². The molecule has 18 heavy (non-hydrogen) atoms. The van der Waals surface area contributed by atoms with Gasteiger partial charge in [-0.25, -0.2) is 0 Å². The van der Waals surface area contributed by atoms with Gasteiger partial charge in [-0.2, -0.15) is 0 Å². The number of phenols is 1. The van der Waals surface area contributed by atoms with Crippen molar-refractivity contribution in [3.05, 3.63) is 35.4 Å². The molecule has 0 saturated heterocycles. The Hall–Kier alpha value is -1.77. The minimum absolute atomic E-state index is 0.0672. The predicted octanol–water partition coefficient (Wildman–Crippen LogP) is 2.50. The highest BCUT2D eigenvalue weighted by Crippen LogP contribution is 2.50. The van der Waals surface area contributed by atoms with Crippen LogP contribution in [0.4, 0.5) is 0 Å². The molecule has 0 saturated carbocycles. The molecule has 3 heteroatoms. The van der Waals surface area contributed by atoms with E-state index in [2.05, 4.69) is 0 Å². The van der Waals surface area contributed by atoms with Crippen molar-refractivity contribution in [1.29, 1.82) is 0 Å². The van der Waals surface area contributed by atoms with Gasteiger partial charge in [-0.3, -0.25) is 4.79 Å². The number of carbonyl (C=O) groups excluding carboxylic acids is 1. The Morgan fingerprint density at radius 3 is 2.72 bits per heavy atom. The number of hydrogen-bond acceptors (Lipinski definition) is 3. The minimum Gasteiger partial charge on any atom is -0.508 e. The number of fused-ring (bicyclic) bond motifs is 2. The molecule has 94 valence electrons. The third-order valence-corrected chi connectivity index (χ3v) is 4.13. The van der Waals surface area contributed by atoms with Crippen LogP contribution in [0.3, 0.4) is 0 Å². The maximum Gasteiger partial charge on any atom is 0.155 e. The molecule has 0 unspecified atom stereocenters. The fraction of sp³-hybridized carbons (Fsp3) is 0.400. The van der Waals surface area contributed by atoms with Crippen molar-refractivity contribution in [3.8, 4) is 11.5 Å². The van der Waals surface area contributed by atoms with Gasteiger partial charge in [-0.05, 0) is 37.0 Å². The number of hydrogen-bond donors (Lipinski definition) is 1. The van der Waals surface area contributed by atoms with E-state index >= 15 is 0 Å². The van der Waals surface area contributed by atoms with Gasteiger partial charge in [-0.1, -0.05) is 6.08 Å². The lowest BCUT2D eigenvalue weighted by Gasteiger charge is -2.30. The van der Waals surface area contributed by atoms with E-state index < -0.39 is 0 Å². The lowest BCUT2D eigenvalue weighted by molar-refractivity contribution is -0.115. The summed E-state index contributed by atoms with van der Waals surface area (Å²) in [6, 6.07) is 3.48. The average Bonchev–Trinajstić information content (AvgIpc) is 2.71. The molecule has 0 radical (unpaired) electrons. The van der Waals surface area contributed by atoms with Crippen molar-refractivity contribution in [3.63, 3.8) is 0 Å². The van der Waals surface area contributed by atoms with Crippen LogP contribution in [0.15, 0.2) is 24.3 Å². The molecule has 1 aromatic carbocycles. The molecule has 0 heterocycles. The van der Waals surface area contributed by atoms with Crippen molar-refractivity contribution in [2.24, 2.45) is 0 Å².